The van der Waals surface area contributed by atoms with Crippen LogP contribution in [0, 0.1) is 13.8 Å². The molecule has 0 radical (unpaired) electrons. The van der Waals surface area contributed by atoms with Crippen molar-refractivity contribution in [1.82, 2.24) is 19.9 Å². The predicted molar refractivity (Wildman–Crippen MR) is 131 cm³/mol. The summed E-state index contributed by atoms with van der Waals surface area (Å²) in [4.78, 5) is 30.7. The minimum atomic E-state index is -0.268. The van der Waals surface area contributed by atoms with Crippen molar-refractivity contribution in [2.24, 2.45) is 0 Å². The fraction of sp³-hybridized carbons (Fsp3) is 0.120. The molecule has 0 saturated carbocycles. The summed E-state index contributed by atoms with van der Waals surface area (Å²) >= 11 is 1.28. The van der Waals surface area contributed by atoms with Gasteiger partial charge in [0.1, 0.15) is 0 Å². The maximum absolute atomic E-state index is 13.0. The molecule has 0 fully saturated rings. The number of aromatic nitrogens is 3. The zero-order chi connectivity index (χ0) is 22.9. The molecule has 2 heterocycles. The largest absolute Gasteiger partial charge is 0.348 e. The van der Waals surface area contributed by atoms with Crippen LogP contribution in [-0.4, -0.2) is 20.5 Å². The van der Waals surface area contributed by atoms with Gasteiger partial charge >= 0.3 is 0 Å². The van der Waals surface area contributed by atoms with Crippen LogP contribution >= 0.6 is 11.3 Å². The van der Waals surface area contributed by atoms with E-state index >= 15 is 0 Å². The third kappa shape index (κ3) is 4.20. The lowest BCUT2D eigenvalue weighted by atomic mass is 10.1. The first kappa shape index (κ1) is 20.8. The Morgan fingerprint density at radius 2 is 1.82 bits per heavy atom. The lowest BCUT2D eigenvalue weighted by Gasteiger charge is -2.06. The van der Waals surface area contributed by atoms with Crippen LogP contribution in [0.5, 0.6) is 0 Å². The maximum Gasteiger partial charge on any atom is 0.283 e. The Bertz CT molecular complexity index is 1550. The summed E-state index contributed by atoms with van der Waals surface area (Å²) in [5.74, 6) is -0.217. The quantitative estimate of drug-likeness (QED) is 0.405. The third-order valence-electron chi connectivity index (χ3n) is 5.42. The van der Waals surface area contributed by atoms with Gasteiger partial charge < -0.3 is 10.6 Å². The number of anilines is 2. The molecular weight excluding hydrogens is 434 g/mol. The van der Waals surface area contributed by atoms with Crippen LogP contribution in [0.3, 0.4) is 0 Å². The summed E-state index contributed by atoms with van der Waals surface area (Å²) < 4.78 is 1.30. The molecular formula is C25H21N5O2S. The number of hydrogen-bond donors (Lipinski definition) is 2. The first-order valence-corrected chi connectivity index (χ1v) is 11.3. The zero-order valence-corrected chi connectivity index (χ0v) is 18.9. The number of hydrogen-bond acceptors (Lipinski definition) is 6. The van der Waals surface area contributed by atoms with Gasteiger partial charge in [-0.25, -0.2) is 4.98 Å². The molecule has 0 atom stereocenters. The molecule has 7 nitrogen and oxygen atoms in total. The summed E-state index contributed by atoms with van der Waals surface area (Å²) in [6.45, 7) is 4.45. The molecule has 164 valence electrons. The second kappa shape index (κ2) is 8.48. The molecule has 0 aliphatic heterocycles. The zero-order valence-electron chi connectivity index (χ0n) is 18.1. The Morgan fingerprint density at radius 1 is 1.03 bits per heavy atom. The van der Waals surface area contributed by atoms with Crippen molar-refractivity contribution in [2.45, 2.75) is 20.4 Å². The van der Waals surface area contributed by atoms with E-state index in [0.717, 1.165) is 16.8 Å². The topological polar surface area (TPSA) is 88.4 Å². The molecule has 0 aliphatic rings. The maximum atomic E-state index is 13.0. The minimum absolute atomic E-state index is 0.217. The Hall–Kier alpha value is -4.04. The number of para-hydroxylation sites is 1. The molecule has 8 heteroatoms. The van der Waals surface area contributed by atoms with Crippen molar-refractivity contribution in [3.8, 4) is 0 Å². The van der Waals surface area contributed by atoms with E-state index in [-0.39, 0.29) is 11.5 Å². The van der Waals surface area contributed by atoms with E-state index < -0.39 is 0 Å². The molecule has 0 unspecified atom stereocenters. The van der Waals surface area contributed by atoms with Crippen LogP contribution in [0.1, 0.15) is 27.0 Å². The number of rotatable bonds is 5. The number of fused-ring (bicyclic) bond motifs is 2. The van der Waals surface area contributed by atoms with Gasteiger partial charge in [0.15, 0.2) is 0 Å². The molecule has 5 rings (SSSR count). The van der Waals surface area contributed by atoms with Crippen molar-refractivity contribution >= 4 is 43.9 Å². The van der Waals surface area contributed by atoms with Crippen LogP contribution in [0.15, 0.2) is 71.5 Å². The molecule has 2 N–H and O–H groups in total. The summed E-state index contributed by atoms with van der Waals surface area (Å²) in [6, 6.07) is 20.8. The smallest absolute Gasteiger partial charge is 0.283 e. The number of benzene rings is 3. The van der Waals surface area contributed by atoms with Crippen molar-refractivity contribution in [2.75, 3.05) is 5.32 Å². The first-order chi connectivity index (χ1) is 16.0. The SMILES string of the molecule is Cc1ccc(CNC(=O)c2ccc3c(=O)n4nc(Nc5ccccc5C)sc4nc3c2)cc1. The summed E-state index contributed by atoms with van der Waals surface area (Å²) in [5.41, 5.74) is 4.83. The molecule has 0 bridgehead atoms. The van der Waals surface area contributed by atoms with Gasteiger partial charge in [-0.05, 0) is 49.2 Å². The van der Waals surface area contributed by atoms with Gasteiger partial charge in [0.2, 0.25) is 10.1 Å². The highest BCUT2D eigenvalue weighted by Crippen LogP contribution is 2.25. The fourth-order valence-electron chi connectivity index (χ4n) is 3.52. The molecule has 2 aromatic heterocycles. The van der Waals surface area contributed by atoms with Gasteiger partial charge in [0.05, 0.1) is 10.9 Å². The highest BCUT2D eigenvalue weighted by atomic mass is 32.1. The summed E-state index contributed by atoms with van der Waals surface area (Å²) in [6.07, 6.45) is 0. The average Bonchev–Trinajstić information content (AvgIpc) is 3.22. The Kier molecular flexibility index (Phi) is 5.35. The van der Waals surface area contributed by atoms with E-state index in [4.69, 9.17) is 0 Å². The van der Waals surface area contributed by atoms with E-state index in [0.29, 0.717) is 33.1 Å². The highest BCUT2D eigenvalue weighted by Gasteiger charge is 2.14. The van der Waals surface area contributed by atoms with Gasteiger partial charge in [0, 0.05) is 17.8 Å². The summed E-state index contributed by atoms with van der Waals surface area (Å²) in [5, 5.41) is 11.5. The predicted octanol–water partition coefficient (Wildman–Crippen LogP) is 4.59. The van der Waals surface area contributed by atoms with Gasteiger partial charge in [-0.2, -0.15) is 4.52 Å². The molecule has 3 aromatic carbocycles. The highest BCUT2D eigenvalue weighted by molar-refractivity contribution is 7.20. The second-order valence-corrected chi connectivity index (χ2v) is 8.81. The van der Waals surface area contributed by atoms with Crippen molar-refractivity contribution in [3.05, 3.63) is 99.3 Å². The number of carbonyl (C=O) groups is 1. The number of aryl methyl sites for hydroxylation is 2. The number of carbonyl (C=O) groups excluding carboxylic acids is 1. The Labute approximate surface area is 193 Å². The number of nitrogens with zero attached hydrogens (tertiary/aromatic N) is 3. The van der Waals surface area contributed by atoms with E-state index in [9.17, 15) is 9.59 Å². The Balaban J connectivity index is 1.43. The van der Waals surface area contributed by atoms with Crippen molar-refractivity contribution < 1.29 is 4.79 Å². The lowest BCUT2D eigenvalue weighted by Crippen LogP contribution is -2.23. The third-order valence-corrected chi connectivity index (χ3v) is 6.24. The average molecular weight is 456 g/mol. The Morgan fingerprint density at radius 3 is 2.61 bits per heavy atom. The number of nitrogens with one attached hydrogen (secondary N) is 2. The molecule has 1 amide bonds. The lowest BCUT2D eigenvalue weighted by molar-refractivity contribution is 0.0951. The van der Waals surface area contributed by atoms with Crippen LogP contribution in [-0.2, 0) is 6.54 Å². The van der Waals surface area contributed by atoms with Crippen molar-refractivity contribution in [1.29, 1.82) is 0 Å². The normalized spacial score (nSPS) is 11.1. The first-order valence-electron chi connectivity index (χ1n) is 10.5. The molecule has 5 aromatic rings. The van der Waals surface area contributed by atoms with E-state index in [2.05, 4.69) is 20.7 Å². The summed E-state index contributed by atoms with van der Waals surface area (Å²) in [7, 11) is 0. The van der Waals surface area contributed by atoms with Gasteiger partial charge in [0.25, 0.3) is 11.5 Å². The molecule has 33 heavy (non-hydrogen) atoms. The minimum Gasteiger partial charge on any atom is -0.348 e. The molecule has 0 aliphatic carbocycles. The number of amides is 1. The van der Waals surface area contributed by atoms with Crippen LogP contribution < -0.4 is 16.2 Å². The van der Waals surface area contributed by atoms with Crippen LogP contribution in [0.4, 0.5) is 10.8 Å². The van der Waals surface area contributed by atoms with Crippen LogP contribution in [0.25, 0.3) is 15.9 Å². The second-order valence-electron chi connectivity index (χ2n) is 7.86. The van der Waals surface area contributed by atoms with Crippen molar-refractivity contribution in [3.63, 3.8) is 0 Å². The monoisotopic (exact) mass is 455 g/mol. The molecule has 0 spiro atoms. The van der Waals surface area contributed by atoms with Crippen LogP contribution in [0.2, 0.25) is 0 Å². The van der Waals surface area contributed by atoms with E-state index in [1.165, 1.54) is 21.4 Å². The van der Waals surface area contributed by atoms with E-state index in [1.54, 1.807) is 18.2 Å². The standard InChI is InChI=1S/C25H21N5O2S/c1-15-7-9-17(10-8-15)14-26-22(31)18-11-12-19-21(13-18)28-25-30(23(19)32)29-24(33-25)27-20-6-4-3-5-16(20)2/h3-13H,14H2,1-2H3,(H,26,31)(H,27,29). The van der Waals surface area contributed by atoms with Gasteiger partial charge in [-0.1, -0.05) is 59.4 Å². The molecule has 0 saturated heterocycles. The van der Waals surface area contributed by atoms with Gasteiger partial charge in [-0.3, -0.25) is 9.59 Å². The fourth-order valence-corrected chi connectivity index (χ4v) is 4.33. The van der Waals surface area contributed by atoms with Gasteiger partial charge in [-0.15, -0.1) is 5.10 Å². The van der Waals surface area contributed by atoms with E-state index in [1.807, 2.05) is 62.4 Å².